The van der Waals surface area contributed by atoms with Gasteiger partial charge in [0.05, 0.1) is 24.9 Å². The number of hydrogen-bond acceptors (Lipinski definition) is 7. The second-order valence-corrected chi connectivity index (χ2v) is 8.00. The molecule has 2 heterocycles. The van der Waals surface area contributed by atoms with Crippen LogP contribution in [0, 0.1) is 11.8 Å². The van der Waals surface area contributed by atoms with Gasteiger partial charge in [-0.25, -0.2) is 0 Å². The largest absolute Gasteiger partial charge is 0.373 e. The summed E-state index contributed by atoms with van der Waals surface area (Å²) in [4.78, 5) is 0. The molecular weight excluding hydrogens is 340 g/mol. The third-order valence-corrected chi connectivity index (χ3v) is 6.36. The highest BCUT2D eigenvalue weighted by atomic mass is 16.8. The van der Waals surface area contributed by atoms with E-state index in [4.69, 9.17) is 33.2 Å². The first kappa shape index (κ1) is 20.5. The molecule has 26 heavy (non-hydrogen) atoms. The highest BCUT2D eigenvalue weighted by Crippen LogP contribution is 2.46. The van der Waals surface area contributed by atoms with Gasteiger partial charge in [-0.2, -0.15) is 0 Å². The molecule has 0 spiro atoms. The number of hydrogen-bond donors (Lipinski definition) is 0. The zero-order valence-corrected chi connectivity index (χ0v) is 16.9. The predicted octanol–water partition coefficient (Wildman–Crippen LogP) is 2.32. The lowest BCUT2D eigenvalue weighted by atomic mass is 9.76. The quantitative estimate of drug-likeness (QED) is 0.477. The van der Waals surface area contributed by atoms with Crippen LogP contribution in [0.25, 0.3) is 0 Å². The van der Waals surface area contributed by atoms with E-state index in [1.165, 1.54) is 0 Å². The molecule has 7 nitrogen and oxygen atoms in total. The molecule has 0 aromatic rings. The molecule has 3 aliphatic rings. The average molecular weight is 374 g/mol. The summed E-state index contributed by atoms with van der Waals surface area (Å²) in [6, 6.07) is 0. The molecule has 0 aromatic heterocycles. The molecule has 0 unspecified atom stereocenters. The molecule has 7 heteroatoms. The third kappa shape index (κ3) is 3.81. The second kappa shape index (κ2) is 7.99. The predicted molar refractivity (Wildman–Crippen MR) is 93.6 cm³/mol. The van der Waals surface area contributed by atoms with Gasteiger partial charge >= 0.3 is 0 Å². The van der Waals surface area contributed by atoms with Crippen molar-refractivity contribution in [1.29, 1.82) is 0 Å². The van der Waals surface area contributed by atoms with E-state index in [0.717, 1.165) is 25.9 Å². The van der Waals surface area contributed by atoms with Gasteiger partial charge < -0.3 is 33.2 Å². The number of rotatable bonds is 8. The lowest BCUT2D eigenvalue weighted by Gasteiger charge is -2.56. The fourth-order valence-corrected chi connectivity index (χ4v) is 4.33. The van der Waals surface area contributed by atoms with Gasteiger partial charge in [0.2, 0.25) is 11.6 Å². The molecule has 0 N–H and O–H groups in total. The summed E-state index contributed by atoms with van der Waals surface area (Å²) in [5.74, 6) is -1.13. The third-order valence-electron chi connectivity index (χ3n) is 6.36. The average Bonchev–Trinajstić information content (AvgIpc) is 3.47. The SMILES string of the molecule is COCO[C@H]1[C@H](C[C@@H](C)[C@@H]2CO2)CC[C@H]2O[C@](C)(OC)[C@@](C)(OC)O[C@H]12. The maximum Gasteiger partial charge on any atom is 0.220 e. The van der Waals surface area contributed by atoms with Crippen LogP contribution < -0.4 is 0 Å². The van der Waals surface area contributed by atoms with Crippen molar-refractivity contribution in [2.24, 2.45) is 11.8 Å². The highest BCUT2D eigenvalue weighted by Gasteiger charge is 2.60. The first-order chi connectivity index (χ1) is 12.4. The molecular formula is C19H34O7. The molecule has 8 atom stereocenters. The Morgan fingerprint density at radius 2 is 1.69 bits per heavy atom. The van der Waals surface area contributed by atoms with Crippen LogP contribution >= 0.6 is 0 Å². The van der Waals surface area contributed by atoms with Crippen LogP contribution in [0.4, 0.5) is 0 Å². The molecule has 3 fully saturated rings. The monoisotopic (exact) mass is 374 g/mol. The van der Waals surface area contributed by atoms with Crippen molar-refractivity contribution >= 4 is 0 Å². The lowest BCUT2D eigenvalue weighted by Crippen LogP contribution is -2.69. The van der Waals surface area contributed by atoms with Crippen molar-refractivity contribution in [2.75, 3.05) is 34.7 Å². The topological polar surface area (TPSA) is 67.9 Å². The van der Waals surface area contributed by atoms with E-state index in [0.29, 0.717) is 17.9 Å². The highest BCUT2D eigenvalue weighted by molar-refractivity contribution is 4.99. The van der Waals surface area contributed by atoms with Crippen molar-refractivity contribution in [3.63, 3.8) is 0 Å². The molecule has 0 amide bonds. The zero-order chi connectivity index (χ0) is 18.9. The number of epoxide rings is 1. The van der Waals surface area contributed by atoms with E-state index in [1.54, 1.807) is 21.3 Å². The minimum Gasteiger partial charge on any atom is -0.373 e. The van der Waals surface area contributed by atoms with Gasteiger partial charge in [-0.3, -0.25) is 0 Å². The number of fused-ring (bicyclic) bond motifs is 1. The van der Waals surface area contributed by atoms with Crippen molar-refractivity contribution in [2.45, 2.75) is 76.0 Å². The Hall–Kier alpha value is -0.280. The zero-order valence-electron chi connectivity index (χ0n) is 16.9. The van der Waals surface area contributed by atoms with E-state index in [1.807, 2.05) is 13.8 Å². The van der Waals surface area contributed by atoms with Gasteiger partial charge in [-0.05, 0) is 44.9 Å². The van der Waals surface area contributed by atoms with Crippen LogP contribution in [-0.2, 0) is 33.2 Å². The van der Waals surface area contributed by atoms with Gasteiger partial charge in [0, 0.05) is 21.3 Å². The van der Waals surface area contributed by atoms with Crippen molar-refractivity contribution in [3.8, 4) is 0 Å². The maximum atomic E-state index is 6.45. The summed E-state index contributed by atoms with van der Waals surface area (Å²) in [6.45, 7) is 7.06. The summed E-state index contributed by atoms with van der Waals surface area (Å²) < 4.78 is 40.8. The fourth-order valence-electron chi connectivity index (χ4n) is 4.33. The van der Waals surface area contributed by atoms with Crippen LogP contribution in [-0.4, -0.2) is 70.7 Å². The lowest BCUT2D eigenvalue weighted by molar-refractivity contribution is -0.461. The maximum absolute atomic E-state index is 6.45. The Morgan fingerprint density at radius 1 is 1.04 bits per heavy atom. The minimum absolute atomic E-state index is 0.103. The van der Waals surface area contributed by atoms with E-state index < -0.39 is 11.6 Å². The van der Waals surface area contributed by atoms with Crippen molar-refractivity contribution in [1.82, 2.24) is 0 Å². The van der Waals surface area contributed by atoms with Crippen LogP contribution in [0.15, 0.2) is 0 Å². The standard InChI is InChI=1S/C19H34O7/c1-12(15-10-23-15)9-13-7-8-14-17(16(13)24-11-20-4)26-19(3,22-6)18(2,21-5)25-14/h12-17H,7-11H2,1-6H3/t12-,13+,14-,15+,16+,17+,18+,19+/m1/s1. The minimum atomic E-state index is -1.02. The first-order valence-corrected chi connectivity index (χ1v) is 9.55. The van der Waals surface area contributed by atoms with Gasteiger partial charge in [0.25, 0.3) is 0 Å². The smallest absolute Gasteiger partial charge is 0.220 e. The van der Waals surface area contributed by atoms with Crippen LogP contribution in [0.3, 0.4) is 0 Å². The molecule has 2 saturated heterocycles. The van der Waals surface area contributed by atoms with Gasteiger partial charge in [0.15, 0.2) is 0 Å². The fraction of sp³-hybridized carbons (Fsp3) is 1.00. The molecule has 0 bridgehead atoms. The van der Waals surface area contributed by atoms with E-state index in [2.05, 4.69) is 6.92 Å². The van der Waals surface area contributed by atoms with Crippen molar-refractivity contribution < 1.29 is 33.2 Å². The summed E-state index contributed by atoms with van der Waals surface area (Å²) >= 11 is 0. The van der Waals surface area contributed by atoms with Gasteiger partial charge in [-0.15, -0.1) is 0 Å². The van der Waals surface area contributed by atoms with Crippen molar-refractivity contribution in [3.05, 3.63) is 0 Å². The summed E-state index contributed by atoms with van der Waals surface area (Å²) in [5, 5.41) is 0. The van der Waals surface area contributed by atoms with E-state index >= 15 is 0 Å². The Balaban J connectivity index is 1.78. The Bertz CT molecular complexity index is 471. The molecule has 0 aromatic carbocycles. The summed E-state index contributed by atoms with van der Waals surface area (Å²) in [6.07, 6.45) is 2.89. The Labute approximate surface area is 156 Å². The normalized spacial score (nSPS) is 46.6. The molecule has 3 rings (SSSR count). The Morgan fingerprint density at radius 3 is 2.27 bits per heavy atom. The molecule has 1 saturated carbocycles. The molecule has 0 radical (unpaired) electrons. The summed E-state index contributed by atoms with van der Waals surface area (Å²) in [5.41, 5.74) is 0. The molecule has 2 aliphatic heterocycles. The number of ether oxygens (including phenoxy) is 7. The van der Waals surface area contributed by atoms with Gasteiger partial charge in [0.1, 0.15) is 12.9 Å². The van der Waals surface area contributed by atoms with Gasteiger partial charge in [-0.1, -0.05) is 6.92 Å². The second-order valence-electron chi connectivity index (χ2n) is 8.00. The Kier molecular flexibility index (Phi) is 6.29. The molecule has 1 aliphatic carbocycles. The summed E-state index contributed by atoms with van der Waals surface area (Å²) in [7, 11) is 4.86. The van der Waals surface area contributed by atoms with Crippen LogP contribution in [0.2, 0.25) is 0 Å². The van der Waals surface area contributed by atoms with E-state index in [-0.39, 0.29) is 25.1 Å². The molecule has 152 valence electrons. The first-order valence-electron chi connectivity index (χ1n) is 9.55. The van der Waals surface area contributed by atoms with E-state index in [9.17, 15) is 0 Å². The number of methoxy groups -OCH3 is 3. The van der Waals surface area contributed by atoms with Crippen LogP contribution in [0.1, 0.15) is 40.0 Å². The van der Waals surface area contributed by atoms with Crippen LogP contribution in [0.5, 0.6) is 0 Å².